The molecule has 2 N–H and O–H groups in total. The van der Waals surface area contributed by atoms with Crippen molar-refractivity contribution < 1.29 is 0 Å². The van der Waals surface area contributed by atoms with Crippen molar-refractivity contribution >= 4 is 0 Å². The molecule has 0 unspecified atom stereocenters. The summed E-state index contributed by atoms with van der Waals surface area (Å²) in [5, 5.41) is 13.2. The first kappa shape index (κ1) is 15.8. The number of nitrogens with zero attached hydrogens (tertiary/aromatic N) is 6. The van der Waals surface area contributed by atoms with Gasteiger partial charge in [0.05, 0.1) is 6.54 Å². The van der Waals surface area contributed by atoms with Gasteiger partial charge in [-0.2, -0.15) is 5.10 Å². The summed E-state index contributed by atoms with van der Waals surface area (Å²) in [4.78, 5) is 2.50. The van der Waals surface area contributed by atoms with Gasteiger partial charge in [-0.15, -0.1) is 10.2 Å². The van der Waals surface area contributed by atoms with Gasteiger partial charge in [0, 0.05) is 37.9 Å². The third-order valence-electron chi connectivity index (χ3n) is 5.62. The summed E-state index contributed by atoms with van der Waals surface area (Å²) in [6.45, 7) is 4.19. The summed E-state index contributed by atoms with van der Waals surface area (Å²) < 4.78 is 4.24. The van der Waals surface area contributed by atoms with E-state index in [-0.39, 0.29) is 0 Å². The lowest BCUT2D eigenvalue weighted by Crippen LogP contribution is -2.36. The van der Waals surface area contributed by atoms with E-state index in [0.29, 0.717) is 12.0 Å². The first-order valence-corrected chi connectivity index (χ1v) is 9.02. The Kier molecular flexibility index (Phi) is 4.37. The van der Waals surface area contributed by atoms with Crippen LogP contribution in [-0.2, 0) is 20.1 Å². The molecule has 2 aromatic heterocycles. The van der Waals surface area contributed by atoms with Gasteiger partial charge in [0.1, 0.15) is 11.6 Å². The minimum absolute atomic E-state index is 0.351. The van der Waals surface area contributed by atoms with Crippen molar-refractivity contribution in [2.45, 2.75) is 50.7 Å². The number of rotatable bonds is 5. The number of hydrogen-bond acceptors (Lipinski definition) is 5. The predicted octanol–water partition coefficient (Wildman–Crippen LogP) is 1.13. The average Bonchev–Trinajstić information content (AvgIpc) is 3.17. The fraction of sp³-hybridized carbons (Fsp3) is 0.706. The molecule has 2 aliphatic rings. The highest BCUT2D eigenvalue weighted by Gasteiger charge is 2.31. The maximum atomic E-state index is 5.90. The van der Waals surface area contributed by atoms with E-state index in [1.165, 1.54) is 12.8 Å². The molecule has 130 valence electrons. The summed E-state index contributed by atoms with van der Waals surface area (Å²) >= 11 is 0. The summed E-state index contributed by atoms with van der Waals surface area (Å²) in [6, 6.07) is 2.35. The largest absolute Gasteiger partial charge is 0.328 e. The molecule has 1 saturated heterocycles. The second kappa shape index (κ2) is 6.64. The molecule has 24 heavy (non-hydrogen) atoms. The first-order chi connectivity index (χ1) is 11.7. The van der Waals surface area contributed by atoms with Crippen molar-refractivity contribution in [3.63, 3.8) is 0 Å². The molecule has 2 fully saturated rings. The van der Waals surface area contributed by atoms with Crippen molar-refractivity contribution in [3.05, 3.63) is 30.1 Å². The van der Waals surface area contributed by atoms with Gasteiger partial charge in [-0.3, -0.25) is 9.58 Å². The summed E-state index contributed by atoms with van der Waals surface area (Å²) in [5.41, 5.74) is 5.90. The van der Waals surface area contributed by atoms with E-state index in [4.69, 9.17) is 5.73 Å². The highest BCUT2D eigenvalue weighted by molar-refractivity contribution is 5.08. The van der Waals surface area contributed by atoms with Crippen LogP contribution < -0.4 is 5.73 Å². The monoisotopic (exact) mass is 329 g/mol. The van der Waals surface area contributed by atoms with Gasteiger partial charge in [0.2, 0.25) is 0 Å². The Morgan fingerprint density at radius 3 is 2.67 bits per heavy atom. The highest BCUT2D eigenvalue weighted by atomic mass is 15.3. The molecule has 0 atom stereocenters. The Labute approximate surface area is 142 Å². The van der Waals surface area contributed by atoms with Gasteiger partial charge >= 0.3 is 0 Å². The number of nitrogens with two attached hydrogens (primary N) is 1. The van der Waals surface area contributed by atoms with Crippen LogP contribution in [0, 0.1) is 5.92 Å². The molecule has 7 heteroatoms. The van der Waals surface area contributed by atoms with E-state index in [1.807, 2.05) is 12.3 Å². The molecular weight excluding hydrogens is 302 g/mol. The maximum absolute atomic E-state index is 5.90. The Balaban J connectivity index is 1.29. The Morgan fingerprint density at radius 1 is 1.21 bits per heavy atom. The van der Waals surface area contributed by atoms with Crippen LogP contribution in [0.2, 0.25) is 0 Å². The molecule has 7 nitrogen and oxygen atoms in total. The van der Waals surface area contributed by atoms with Gasteiger partial charge in [-0.25, -0.2) is 0 Å². The van der Waals surface area contributed by atoms with E-state index in [2.05, 4.69) is 42.7 Å². The second-order valence-corrected chi connectivity index (χ2v) is 7.41. The molecule has 2 aromatic rings. The lowest BCUT2D eigenvalue weighted by atomic mass is 9.80. The van der Waals surface area contributed by atoms with Crippen molar-refractivity contribution in [2.75, 3.05) is 13.1 Å². The van der Waals surface area contributed by atoms with Crippen LogP contribution in [0.25, 0.3) is 0 Å². The molecule has 1 aliphatic carbocycles. The fourth-order valence-electron chi connectivity index (χ4n) is 3.94. The number of aromatic nitrogens is 5. The number of piperidine rings is 1. The van der Waals surface area contributed by atoms with Crippen LogP contribution in [-0.4, -0.2) is 48.6 Å². The average molecular weight is 329 g/mol. The van der Waals surface area contributed by atoms with Crippen molar-refractivity contribution in [1.29, 1.82) is 0 Å². The number of hydrogen-bond donors (Lipinski definition) is 1. The van der Waals surface area contributed by atoms with Crippen molar-refractivity contribution in [2.24, 2.45) is 18.7 Å². The van der Waals surface area contributed by atoms with Gasteiger partial charge in [-0.1, -0.05) is 0 Å². The van der Waals surface area contributed by atoms with Crippen LogP contribution in [0.1, 0.15) is 43.3 Å². The Hall–Kier alpha value is -1.73. The lowest BCUT2D eigenvalue weighted by molar-refractivity contribution is 0.160. The zero-order valence-electron chi connectivity index (χ0n) is 14.4. The van der Waals surface area contributed by atoms with Gasteiger partial charge in [0.25, 0.3) is 0 Å². The quantitative estimate of drug-likeness (QED) is 0.890. The lowest BCUT2D eigenvalue weighted by Gasteiger charge is -2.32. The van der Waals surface area contributed by atoms with Crippen LogP contribution >= 0.6 is 0 Å². The first-order valence-electron chi connectivity index (χ1n) is 9.02. The third-order valence-corrected chi connectivity index (χ3v) is 5.62. The Bertz CT molecular complexity index is 649. The zero-order chi connectivity index (χ0) is 16.5. The number of likely N-dealkylation sites (tertiary alicyclic amines) is 1. The smallest absolute Gasteiger partial charge is 0.146 e. The van der Waals surface area contributed by atoms with Gasteiger partial charge in [0.15, 0.2) is 0 Å². The third kappa shape index (κ3) is 3.23. The van der Waals surface area contributed by atoms with E-state index < -0.39 is 0 Å². The predicted molar refractivity (Wildman–Crippen MR) is 91.2 cm³/mol. The standard InChI is InChI=1S/C17H27N7/c1-22-16(20-21-17(22)14-9-15(18)10-14)12-23-7-3-13(4-8-23)11-24-6-2-5-19-24/h2,5-6,13-15H,3-4,7-12,18H2,1H3. The maximum Gasteiger partial charge on any atom is 0.146 e. The summed E-state index contributed by atoms with van der Waals surface area (Å²) in [5.74, 6) is 3.43. The summed E-state index contributed by atoms with van der Waals surface area (Å²) in [6.07, 6.45) is 8.45. The van der Waals surface area contributed by atoms with Crippen molar-refractivity contribution in [3.8, 4) is 0 Å². The normalized spacial score (nSPS) is 25.8. The fourth-order valence-corrected chi connectivity index (χ4v) is 3.94. The molecule has 3 heterocycles. The van der Waals surface area contributed by atoms with E-state index in [1.54, 1.807) is 0 Å². The molecule has 1 aliphatic heterocycles. The van der Waals surface area contributed by atoms with Gasteiger partial charge in [-0.05, 0) is 50.8 Å². The molecule has 4 rings (SSSR count). The van der Waals surface area contributed by atoms with E-state index in [0.717, 1.165) is 56.6 Å². The second-order valence-electron chi connectivity index (χ2n) is 7.41. The molecule has 1 saturated carbocycles. The zero-order valence-corrected chi connectivity index (χ0v) is 14.4. The molecule has 0 amide bonds. The van der Waals surface area contributed by atoms with Crippen molar-refractivity contribution in [1.82, 2.24) is 29.4 Å². The molecule has 0 aromatic carbocycles. The minimum Gasteiger partial charge on any atom is -0.328 e. The molecule has 0 bridgehead atoms. The molecule has 0 radical (unpaired) electrons. The minimum atomic E-state index is 0.351. The SMILES string of the molecule is Cn1c(CN2CCC(Cn3cccn3)CC2)nnc1C1CC(N)C1. The molecule has 0 spiro atoms. The topological polar surface area (TPSA) is 77.8 Å². The van der Waals surface area contributed by atoms with Crippen LogP contribution in [0.5, 0.6) is 0 Å². The highest BCUT2D eigenvalue weighted by Crippen LogP contribution is 2.34. The van der Waals surface area contributed by atoms with Gasteiger partial charge < -0.3 is 10.3 Å². The van der Waals surface area contributed by atoms with Crippen LogP contribution in [0.3, 0.4) is 0 Å². The van der Waals surface area contributed by atoms with Crippen LogP contribution in [0.4, 0.5) is 0 Å². The van der Waals surface area contributed by atoms with E-state index in [9.17, 15) is 0 Å². The summed E-state index contributed by atoms with van der Waals surface area (Å²) in [7, 11) is 2.10. The van der Waals surface area contributed by atoms with Crippen LogP contribution in [0.15, 0.2) is 18.5 Å². The van der Waals surface area contributed by atoms with E-state index >= 15 is 0 Å². The molecular formula is C17H27N7. The Morgan fingerprint density at radius 2 is 2.00 bits per heavy atom.